The van der Waals surface area contributed by atoms with Gasteiger partial charge in [-0.1, -0.05) is 12.1 Å². The Morgan fingerprint density at radius 1 is 1.17 bits per heavy atom. The molecule has 1 aliphatic heterocycles. The topological polar surface area (TPSA) is 62.7 Å². The van der Waals surface area contributed by atoms with E-state index in [1.807, 2.05) is 62.2 Å². The number of nitrogens with zero attached hydrogens (tertiary/aromatic N) is 3. The first-order chi connectivity index (χ1) is 13.6. The normalized spacial score (nSPS) is 15.3. The summed E-state index contributed by atoms with van der Waals surface area (Å²) in [7, 11) is 1.77. The predicted molar refractivity (Wildman–Crippen MR) is 115 cm³/mol. The number of piperidine rings is 1. The van der Waals surface area contributed by atoms with Gasteiger partial charge >= 0.3 is 6.09 Å². The molecule has 1 aromatic carbocycles. The molecule has 1 fully saturated rings. The van der Waals surface area contributed by atoms with E-state index in [1.54, 1.807) is 23.3 Å². The fourth-order valence-corrected chi connectivity index (χ4v) is 4.17. The third kappa shape index (κ3) is 5.35. The van der Waals surface area contributed by atoms with Crippen LogP contribution in [-0.2, 0) is 4.74 Å². The molecule has 0 atom stereocenters. The summed E-state index contributed by atoms with van der Waals surface area (Å²) in [6, 6.07) is 7.73. The lowest BCUT2D eigenvalue weighted by molar-refractivity contribution is 0.0156. The van der Waals surface area contributed by atoms with Crippen LogP contribution in [0.25, 0.3) is 10.6 Å². The van der Waals surface area contributed by atoms with Gasteiger partial charge in [-0.3, -0.25) is 4.79 Å². The zero-order valence-corrected chi connectivity index (χ0v) is 18.6. The summed E-state index contributed by atoms with van der Waals surface area (Å²) in [6.45, 7) is 8.82. The minimum Gasteiger partial charge on any atom is -0.444 e. The van der Waals surface area contributed by atoms with Gasteiger partial charge in [-0.15, -0.1) is 11.3 Å². The van der Waals surface area contributed by atoms with Crippen LogP contribution in [0, 0.1) is 6.92 Å². The first-order valence-corrected chi connectivity index (χ1v) is 10.8. The van der Waals surface area contributed by atoms with Crippen LogP contribution in [0.1, 0.15) is 49.7 Å². The molecule has 29 heavy (non-hydrogen) atoms. The molecule has 1 aliphatic rings. The highest BCUT2D eigenvalue weighted by Gasteiger charge is 2.30. The van der Waals surface area contributed by atoms with Crippen molar-refractivity contribution in [1.82, 2.24) is 14.8 Å². The fraction of sp³-hybridized carbons (Fsp3) is 0.500. The highest BCUT2D eigenvalue weighted by atomic mass is 32.1. The number of aryl methyl sites for hydroxylation is 1. The van der Waals surface area contributed by atoms with E-state index in [9.17, 15) is 9.59 Å². The third-order valence-electron chi connectivity index (χ3n) is 4.98. The van der Waals surface area contributed by atoms with Gasteiger partial charge in [0.2, 0.25) is 0 Å². The first-order valence-electron chi connectivity index (χ1n) is 9.92. The Morgan fingerprint density at radius 3 is 2.31 bits per heavy atom. The van der Waals surface area contributed by atoms with Crippen LogP contribution in [0.2, 0.25) is 0 Å². The Labute approximate surface area is 176 Å². The molecule has 3 rings (SSSR count). The maximum atomic E-state index is 12.9. The second kappa shape index (κ2) is 8.53. The van der Waals surface area contributed by atoms with Crippen LogP contribution in [0.4, 0.5) is 4.79 Å². The number of carbonyl (C=O) groups excluding carboxylic acids is 2. The second-order valence-corrected chi connectivity index (χ2v) is 9.34. The van der Waals surface area contributed by atoms with Gasteiger partial charge in [0.25, 0.3) is 5.91 Å². The molecular weight excluding hydrogens is 386 g/mol. The maximum Gasteiger partial charge on any atom is 0.410 e. The Balaban J connectivity index is 1.56. The molecule has 0 N–H and O–H groups in total. The number of ether oxygens (including phenoxy) is 1. The summed E-state index contributed by atoms with van der Waals surface area (Å²) in [6.07, 6.45) is 1.19. The van der Waals surface area contributed by atoms with Crippen molar-refractivity contribution in [2.24, 2.45) is 0 Å². The highest BCUT2D eigenvalue weighted by molar-refractivity contribution is 7.13. The van der Waals surface area contributed by atoms with E-state index in [2.05, 4.69) is 4.98 Å². The minimum absolute atomic E-state index is 0.0326. The van der Waals surface area contributed by atoms with Crippen LogP contribution < -0.4 is 0 Å². The predicted octanol–water partition coefficient (Wildman–Crippen LogP) is 4.59. The molecule has 156 valence electrons. The lowest BCUT2D eigenvalue weighted by Gasteiger charge is -2.37. The van der Waals surface area contributed by atoms with Crippen molar-refractivity contribution < 1.29 is 14.3 Å². The van der Waals surface area contributed by atoms with E-state index in [0.29, 0.717) is 18.7 Å². The van der Waals surface area contributed by atoms with Gasteiger partial charge in [-0.05, 0) is 52.7 Å². The number of rotatable bonds is 3. The second-order valence-electron chi connectivity index (χ2n) is 8.49. The van der Waals surface area contributed by atoms with E-state index in [-0.39, 0.29) is 18.0 Å². The number of carbonyl (C=O) groups is 2. The van der Waals surface area contributed by atoms with Gasteiger partial charge in [0.1, 0.15) is 10.6 Å². The number of aromatic nitrogens is 1. The summed E-state index contributed by atoms with van der Waals surface area (Å²) < 4.78 is 5.45. The van der Waals surface area contributed by atoms with Crippen molar-refractivity contribution in [3.8, 4) is 10.6 Å². The average Bonchev–Trinajstić information content (AvgIpc) is 3.12. The average molecular weight is 416 g/mol. The third-order valence-corrected chi connectivity index (χ3v) is 5.99. The molecule has 0 saturated carbocycles. The maximum absolute atomic E-state index is 12.9. The minimum atomic E-state index is -0.508. The van der Waals surface area contributed by atoms with E-state index in [4.69, 9.17) is 4.74 Å². The van der Waals surface area contributed by atoms with Crippen molar-refractivity contribution in [1.29, 1.82) is 0 Å². The molecule has 0 radical (unpaired) electrons. The van der Waals surface area contributed by atoms with Gasteiger partial charge in [0.05, 0.1) is 0 Å². The first kappa shape index (κ1) is 21.3. The lowest BCUT2D eigenvalue weighted by atomic mass is 10.0. The summed E-state index contributed by atoms with van der Waals surface area (Å²) in [4.78, 5) is 33.1. The zero-order chi connectivity index (χ0) is 21.2. The van der Waals surface area contributed by atoms with Crippen LogP contribution in [0.15, 0.2) is 29.6 Å². The molecule has 0 aliphatic carbocycles. The summed E-state index contributed by atoms with van der Waals surface area (Å²) in [5, 5.41) is 2.99. The van der Waals surface area contributed by atoms with Crippen LogP contribution in [0.5, 0.6) is 0 Å². The van der Waals surface area contributed by atoms with Gasteiger partial charge in [-0.2, -0.15) is 0 Å². The number of hydrogen-bond acceptors (Lipinski definition) is 5. The number of hydrogen-bond donors (Lipinski definition) is 0. The molecule has 6 nitrogen and oxygen atoms in total. The van der Waals surface area contributed by atoms with Crippen molar-refractivity contribution in [3.63, 3.8) is 0 Å². The van der Waals surface area contributed by atoms with E-state index >= 15 is 0 Å². The molecule has 2 amide bonds. The van der Waals surface area contributed by atoms with Crippen LogP contribution in [-0.4, -0.2) is 58.6 Å². The Hall–Kier alpha value is -2.41. The molecule has 0 spiro atoms. The molecule has 7 heteroatoms. The molecular formula is C22H29N3O3S. The number of benzene rings is 1. The van der Waals surface area contributed by atoms with Gasteiger partial charge in [0.15, 0.2) is 0 Å². The van der Waals surface area contributed by atoms with E-state index in [0.717, 1.165) is 29.1 Å². The number of thiazole rings is 1. The lowest BCUT2D eigenvalue weighted by Crippen LogP contribution is -2.48. The smallest absolute Gasteiger partial charge is 0.410 e. The molecule has 0 bridgehead atoms. The highest BCUT2D eigenvalue weighted by Crippen LogP contribution is 2.25. The van der Waals surface area contributed by atoms with Crippen LogP contribution in [0.3, 0.4) is 0 Å². The molecule has 2 heterocycles. The largest absolute Gasteiger partial charge is 0.444 e. The molecule has 1 aromatic heterocycles. The number of likely N-dealkylation sites (tertiary alicyclic amines) is 1. The number of amides is 2. The van der Waals surface area contributed by atoms with Gasteiger partial charge in [-0.25, -0.2) is 9.78 Å². The van der Waals surface area contributed by atoms with E-state index in [1.165, 1.54) is 0 Å². The SMILES string of the molecule is Cc1csc(-c2ccc(C(=O)N3CCC(N(C)C(=O)OC(C)(C)C)CC3)cc2)n1. The standard InChI is InChI=1S/C22H29N3O3S/c1-15-14-29-19(23-15)16-6-8-17(9-7-16)20(26)25-12-10-18(11-13-25)24(5)21(27)28-22(2,3)4/h6-9,14,18H,10-13H2,1-5H3. The van der Waals surface area contributed by atoms with Crippen molar-refractivity contribution in [3.05, 3.63) is 40.9 Å². The molecule has 0 unspecified atom stereocenters. The van der Waals surface area contributed by atoms with Crippen molar-refractivity contribution in [2.45, 2.75) is 52.2 Å². The zero-order valence-electron chi connectivity index (χ0n) is 17.8. The van der Waals surface area contributed by atoms with Crippen molar-refractivity contribution >= 4 is 23.3 Å². The summed E-state index contributed by atoms with van der Waals surface area (Å²) in [5.74, 6) is 0.0326. The Bertz CT molecular complexity index is 862. The Morgan fingerprint density at radius 2 is 1.79 bits per heavy atom. The van der Waals surface area contributed by atoms with Gasteiger partial charge in [0, 0.05) is 48.4 Å². The molecule has 2 aromatic rings. The quantitative estimate of drug-likeness (QED) is 0.736. The fourth-order valence-electron chi connectivity index (χ4n) is 3.36. The monoisotopic (exact) mass is 415 g/mol. The Kier molecular flexibility index (Phi) is 6.27. The van der Waals surface area contributed by atoms with E-state index < -0.39 is 5.60 Å². The summed E-state index contributed by atoms with van der Waals surface area (Å²) in [5.41, 5.74) is 2.20. The van der Waals surface area contributed by atoms with Gasteiger partial charge < -0.3 is 14.5 Å². The molecule has 1 saturated heterocycles. The van der Waals surface area contributed by atoms with Crippen LogP contribution >= 0.6 is 11.3 Å². The van der Waals surface area contributed by atoms with Crippen molar-refractivity contribution in [2.75, 3.05) is 20.1 Å². The summed E-state index contributed by atoms with van der Waals surface area (Å²) >= 11 is 1.60.